The van der Waals surface area contributed by atoms with E-state index in [2.05, 4.69) is 31.0 Å². The molecule has 23 heavy (non-hydrogen) atoms. The second kappa shape index (κ2) is 6.68. The van der Waals surface area contributed by atoms with Crippen molar-refractivity contribution in [2.24, 2.45) is 0 Å². The number of piperidine rings is 1. The van der Waals surface area contributed by atoms with Crippen molar-refractivity contribution in [1.29, 1.82) is 0 Å². The van der Waals surface area contributed by atoms with Gasteiger partial charge in [0.15, 0.2) is 5.03 Å². The number of hydrogen-bond donors (Lipinski definition) is 2. The van der Waals surface area contributed by atoms with Gasteiger partial charge in [-0.3, -0.25) is 4.79 Å². The quantitative estimate of drug-likeness (QED) is 0.800. The fourth-order valence-electron chi connectivity index (χ4n) is 2.22. The van der Waals surface area contributed by atoms with E-state index in [-0.39, 0.29) is 17.0 Å². The van der Waals surface area contributed by atoms with Crippen LogP contribution >= 0.6 is 27.3 Å². The normalized spacial score (nSPS) is 18.7. The fraction of sp³-hybridized carbons (Fsp3) is 0.286. The highest BCUT2D eigenvalue weighted by Gasteiger charge is 2.26. The maximum atomic E-state index is 12.4. The molecular weight excluding hydrogens is 402 g/mol. The first kappa shape index (κ1) is 16.6. The van der Waals surface area contributed by atoms with E-state index in [0.29, 0.717) is 24.4 Å². The lowest BCUT2D eigenvalue weighted by molar-refractivity contribution is -0.122. The number of aromatic nitrogens is 1. The summed E-state index contributed by atoms with van der Waals surface area (Å²) >= 11 is 4.64. The Morgan fingerprint density at radius 1 is 1.30 bits per heavy atom. The van der Waals surface area contributed by atoms with Crippen molar-refractivity contribution in [3.05, 3.63) is 34.1 Å². The smallest absolute Gasteiger partial charge is 0.259 e. The van der Waals surface area contributed by atoms with E-state index >= 15 is 0 Å². The summed E-state index contributed by atoms with van der Waals surface area (Å²) in [7, 11) is -3.68. The number of carbonyl (C=O) groups excluding carboxylic acids is 1. The van der Waals surface area contributed by atoms with Crippen LogP contribution in [0.1, 0.15) is 12.8 Å². The Kier molecular flexibility index (Phi) is 4.81. The first-order valence-corrected chi connectivity index (χ1v) is 10.1. The van der Waals surface area contributed by atoms with Crippen LogP contribution in [0, 0.1) is 0 Å². The van der Waals surface area contributed by atoms with E-state index in [0.717, 1.165) is 10.0 Å². The van der Waals surface area contributed by atoms with Gasteiger partial charge >= 0.3 is 0 Å². The van der Waals surface area contributed by atoms with E-state index < -0.39 is 10.0 Å². The lowest BCUT2D eigenvalue weighted by Crippen LogP contribution is -2.47. The number of halogens is 1. The number of benzene rings is 1. The molecule has 1 atom stereocenters. The highest BCUT2D eigenvalue weighted by molar-refractivity contribution is 9.10. The molecule has 2 aromatic rings. The van der Waals surface area contributed by atoms with Crippen LogP contribution in [-0.4, -0.2) is 31.9 Å². The Morgan fingerprint density at radius 3 is 2.70 bits per heavy atom. The summed E-state index contributed by atoms with van der Waals surface area (Å²) < 4.78 is 28.3. The highest BCUT2D eigenvalue weighted by atomic mass is 79.9. The van der Waals surface area contributed by atoms with Crippen molar-refractivity contribution in [3.63, 3.8) is 0 Å². The molecule has 0 saturated carbocycles. The van der Waals surface area contributed by atoms with Crippen LogP contribution in [0.2, 0.25) is 0 Å². The molecule has 2 N–H and O–H groups in total. The first-order valence-electron chi connectivity index (χ1n) is 6.94. The topological polar surface area (TPSA) is 88.2 Å². The predicted octanol–water partition coefficient (Wildman–Crippen LogP) is 2.13. The van der Waals surface area contributed by atoms with Gasteiger partial charge in [0.05, 0.1) is 0 Å². The van der Waals surface area contributed by atoms with Crippen LogP contribution in [0.4, 0.5) is 0 Å². The second-order valence-electron chi connectivity index (χ2n) is 5.16. The Balaban J connectivity index is 1.76. The van der Waals surface area contributed by atoms with Crippen LogP contribution < -0.4 is 10.0 Å². The van der Waals surface area contributed by atoms with Crippen molar-refractivity contribution >= 4 is 43.2 Å². The van der Waals surface area contributed by atoms with Crippen molar-refractivity contribution in [3.8, 4) is 10.6 Å². The molecule has 9 heteroatoms. The van der Waals surface area contributed by atoms with Crippen LogP contribution in [0.3, 0.4) is 0 Å². The van der Waals surface area contributed by atoms with E-state index in [4.69, 9.17) is 0 Å². The van der Waals surface area contributed by atoms with Gasteiger partial charge in [-0.15, -0.1) is 11.3 Å². The molecule has 0 radical (unpaired) electrons. The van der Waals surface area contributed by atoms with Crippen molar-refractivity contribution in [1.82, 2.24) is 15.0 Å². The molecule has 1 amide bonds. The number of amides is 1. The number of hydrogen-bond acceptors (Lipinski definition) is 5. The van der Waals surface area contributed by atoms with Crippen molar-refractivity contribution in [2.45, 2.75) is 23.9 Å². The van der Waals surface area contributed by atoms with Crippen molar-refractivity contribution in [2.75, 3.05) is 6.54 Å². The molecule has 1 aromatic carbocycles. The standard InChI is InChI=1S/C14H14BrN3O3S2/c15-10-3-1-9(2-4-10)14-17-13(8-22-14)23(20,21)18-11-5-6-12(19)16-7-11/h1-4,8,11,18H,5-7H2,(H,16,19). The summed E-state index contributed by atoms with van der Waals surface area (Å²) in [5.41, 5.74) is 0.865. The Hall–Kier alpha value is -1.29. The minimum absolute atomic E-state index is 0.0114. The van der Waals surface area contributed by atoms with Gasteiger partial charge in [0.25, 0.3) is 10.0 Å². The SMILES string of the molecule is O=C1CCC(NS(=O)(=O)c2csc(-c3ccc(Br)cc3)n2)CN1. The molecule has 0 aliphatic carbocycles. The molecule has 1 aliphatic heterocycles. The number of nitrogens with zero attached hydrogens (tertiary/aromatic N) is 1. The van der Waals surface area contributed by atoms with Gasteiger partial charge in [0, 0.05) is 34.4 Å². The van der Waals surface area contributed by atoms with Gasteiger partial charge in [-0.05, 0) is 18.6 Å². The summed E-state index contributed by atoms with van der Waals surface area (Å²) in [5, 5.41) is 4.84. The molecule has 0 spiro atoms. The van der Waals surface area contributed by atoms with Gasteiger partial charge in [0.2, 0.25) is 5.91 Å². The van der Waals surface area contributed by atoms with Gasteiger partial charge in [-0.25, -0.2) is 18.1 Å². The molecule has 1 aliphatic rings. The summed E-state index contributed by atoms with van der Waals surface area (Å²) in [6.45, 7) is 0.307. The summed E-state index contributed by atoms with van der Waals surface area (Å²) in [4.78, 5) is 15.4. The number of rotatable bonds is 4. The molecule has 1 fully saturated rings. The Bertz CT molecular complexity index is 808. The zero-order chi connectivity index (χ0) is 16.4. The molecule has 1 unspecified atom stereocenters. The van der Waals surface area contributed by atoms with Gasteiger partial charge in [-0.2, -0.15) is 0 Å². The van der Waals surface area contributed by atoms with E-state index in [1.807, 2.05) is 24.3 Å². The minimum Gasteiger partial charge on any atom is -0.355 e. The molecule has 1 aromatic heterocycles. The van der Waals surface area contributed by atoms with Crippen LogP contribution in [0.5, 0.6) is 0 Å². The Morgan fingerprint density at radius 2 is 2.04 bits per heavy atom. The average molecular weight is 416 g/mol. The number of nitrogens with one attached hydrogen (secondary N) is 2. The molecule has 2 heterocycles. The monoisotopic (exact) mass is 415 g/mol. The Labute approximate surface area is 146 Å². The maximum absolute atomic E-state index is 12.4. The first-order chi connectivity index (χ1) is 10.9. The summed E-state index contributed by atoms with van der Waals surface area (Å²) in [6, 6.07) is 7.23. The van der Waals surface area contributed by atoms with Crippen LogP contribution in [-0.2, 0) is 14.8 Å². The zero-order valence-electron chi connectivity index (χ0n) is 12.0. The van der Waals surface area contributed by atoms with Crippen molar-refractivity contribution < 1.29 is 13.2 Å². The van der Waals surface area contributed by atoms with Gasteiger partial charge in [-0.1, -0.05) is 28.1 Å². The van der Waals surface area contributed by atoms with Crippen LogP contribution in [0.25, 0.3) is 10.6 Å². The molecular formula is C14H14BrN3O3S2. The minimum atomic E-state index is -3.68. The lowest BCUT2D eigenvalue weighted by Gasteiger charge is -2.22. The zero-order valence-corrected chi connectivity index (χ0v) is 15.2. The third kappa shape index (κ3) is 3.97. The summed E-state index contributed by atoms with van der Waals surface area (Å²) in [5.74, 6) is -0.0494. The molecule has 122 valence electrons. The van der Waals surface area contributed by atoms with Crippen LogP contribution in [0.15, 0.2) is 39.1 Å². The maximum Gasteiger partial charge on any atom is 0.259 e. The molecule has 1 saturated heterocycles. The van der Waals surface area contributed by atoms with Gasteiger partial charge < -0.3 is 5.32 Å². The second-order valence-corrected chi connectivity index (χ2v) is 8.59. The third-order valence-electron chi connectivity index (χ3n) is 3.44. The average Bonchev–Trinajstić information content (AvgIpc) is 3.01. The van der Waals surface area contributed by atoms with Gasteiger partial charge in [0.1, 0.15) is 5.01 Å². The number of carbonyl (C=O) groups is 1. The lowest BCUT2D eigenvalue weighted by atomic mass is 10.1. The highest BCUT2D eigenvalue weighted by Crippen LogP contribution is 2.27. The van der Waals surface area contributed by atoms with E-state index in [9.17, 15) is 13.2 Å². The fourth-order valence-corrected chi connectivity index (χ4v) is 4.85. The van der Waals surface area contributed by atoms with E-state index in [1.54, 1.807) is 0 Å². The number of sulfonamides is 1. The third-order valence-corrected chi connectivity index (χ3v) is 6.41. The number of thiazole rings is 1. The molecule has 6 nitrogen and oxygen atoms in total. The molecule has 3 rings (SSSR count). The van der Waals surface area contributed by atoms with E-state index in [1.165, 1.54) is 16.7 Å². The molecule has 0 bridgehead atoms. The largest absolute Gasteiger partial charge is 0.355 e. The summed E-state index contributed by atoms with van der Waals surface area (Å²) in [6.07, 6.45) is 0.823. The predicted molar refractivity (Wildman–Crippen MR) is 91.6 cm³/mol.